The summed E-state index contributed by atoms with van der Waals surface area (Å²) in [5.74, 6) is 0.487. The molecule has 1 N–H and O–H groups in total. The monoisotopic (exact) mass is 518 g/mol. The number of amides is 1. The molecule has 9 heteroatoms. The lowest BCUT2D eigenvalue weighted by Crippen LogP contribution is -2.36. The number of aryl methyl sites for hydroxylation is 1. The largest absolute Gasteiger partial charge is 0.493 e. The van der Waals surface area contributed by atoms with E-state index in [2.05, 4.69) is 19.2 Å². The van der Waals surface area contributed by atoms with Crippen molar-refractivity contribution in [2.24, 2.45) is 5.92 Å². The van der Waals surface area contributed by atoms with Crippen LogP contribution in [0.25, 0.3) is 23.0 Å². The number of para-hydroxylation sites is 1. The molecular formula is C28H30N4O4S. The predicted octanol–water partition coefficient (Wildman–Crippen LogP) is 4.09. The summed E-state index contributed by atoms with van der Waals surface area (Å²) >= 11 is 0. The van der Waals surface area contributed by atoms with Crippen molar-refractivity contribution in [3.8, 4) is 28.8 Å². The summed E-state index contributed by atoms with van der Waals surface area (Å²) < 4.78 is 31.1. The van der Waals surface area contributed by atoms with Crippen molar-refractivity contribution in [3.63, 3.8) is 0 Å². The van der Waals surface area contributed by atoms with Gasteiger partial charge in [0.05, 0.1) is 23.8 Å². The van der Waals surface area contributed by atoms with E-state index in [1.54, 1.807) is 10.9 Å². The van der Waals surface area contributed by atoms with Crippen LogP contribution in [0.5, 0.6) is 5.75 Å². The number of sulfone groups is 1. The number of nitrogens with one attached hydrogen (secondary N) is 1. The van der Waals surface area contributed by atoms with Crippen LogP contribution in [-0.2, 0) is 14.6 Å². The second-order valence-electron chi connectivity index (χ2n) is 9.64. The molecule has 37 heavy (non-hydrogen) atoms. The van der Waals surface area contributed by atoms with Gasteiger partial charge in [0.15, 0.2) is 9.84 Å². The molecule has 0 aliphatic carbocycles. The second-order valence-corrected chi connectivity index (χ2v) is 11.9. The van der Waals surface area contributed by atoms with Crippen LogP contribution in [0.4, 0.5) is 0 Å². The maximum absolute atomic E-state index is 12.9. The van der Waals surface area contributed by atoms with Gasteiger partial charge >= 0.3 is 0 Å². The molecule has 1 aliphatic rings. The van der Waals surface area contributed by atoms with E-state index in [1.807, 2.05) is 61.5 Å². The Morgan fingerprint density at radius 1 is 1.27 bits per heavy atom. The first-order valence-electron chi connectivity index (χ1n) is 12.2. The summed E-state index contributed by atoms with van der Waals surface area (Å²) in [7, 11) is -3.16. The molecule has 2 aromatic carbocycles. The van der Waals surface area contributed by atoms with Crippen LogP contribution in [0, 0.1) is 24.2 Å². The van der Waals surface area contributed by atoms with Gasteiger partial charge in [-0.1, -0.05) is 32.0 Å². The lowest BCUT2D eigenvalue weighted by atomic mass is 10.0. The molecule has 1 amide bonds. The summed E-state index contributed by atoms with van der Waals surface area (Å²) in [5.41, 5.74) is 3.70. The summed E-state index contributed by atoms with van der Waals surface area (Å²) in [4.78, 5) is 12.9. The van der Waals surface area contributed by atoms with Crippen LogP contribution in [0.3, 0.4) is 0 Å². The van der Waals surface area contributed by atoms with Crippen molar-refractivity contribution < 1.29 is 17.9 Å². The summed E-state index contributed by atoms with van der Waals surface area (Å²) in [6, 6.07) is 16.8. The van der Waals surface area contributed by atoms with Gasteiger partial charge in [-0.25, -0.2) is 13.1 Å². The van der Waals surface area contributed by atoms with E-state index in [-0.39, 0.29) is 17.1 Å². The van der Waals surface area contributed by atoms with E-state index in [4.69, 9.17) is 9.84 Å². The third-order valence-electron chi connectivity index (χ3n) is 6.03. The lowest BCUT2D eigenvalue weighted by molar-refractivity contribution is -0.117. The zero-order valence-corrected chi connectivity index (χ0v) is 22.0. The van der Waals surface area contributed by atoms with Crippen LogP contribution in [-0.4, -0.2) is 48.3 Å². The highest BCUT2D eigenvalue weighted by Gasteiger charge is 2.29. The molecule has 1 saturated heterocycles. The maximum Gasteiger partial charge on any atom is 0.262 e. The molecule has 8 nitrogen and oxygen atoms in total. The van der Waals surface area contributed by atoms with Crippen molar-refractivity contribution in [2.45, 2.75) is 33.2 Å². The SMILES string of the molecule is Cc1cc(OCC(C)C)ccc1-c1nn(-c2ccccc2)cc1/C=C(\C#N)C(=O)N[C@H]1CCS(=O)(=O)C1. The van der Waals surface area contributed by atoms with Crippen LogP contribution in [0.2, 0.25) is 0 Å². The molecule has 1 fully saturated rings. The standard InChI is InChI=1S/C28H30N4O4S/c1-19(2)17-36-25-9-10-26(20(3)13-25)27-22(16-32(31-27)24-7-5-4-6-8-24)14-21(15-29)28(33)30-23-11-12-37(34,35)18-23/h4-10,13-14,16,19,23H,11-12,17-18H2,1-3H3,(H,30,33)/b21-14+/t23-/m0/s1. The Bertz CT molecular complexity index is 1470. The Kier molecular flexibility index (Phi) is 7.79. The number of ether oxygens (including phenoxy) is 1. The Morgan fingerprint density at radius 3 is 2.65 bits per heavy atom. The van der Waals surface area contributed by atoms with E-state index in [9.17, 15) is 18.5 Å². The predicted molar refractivity (Wildman–Crippen MR) is 143 cm³/mol. The molecule has 1 aliphatic heterocycles. The molecule has 2 heterocycles. The van der Waals surface area contributed by atoms with Gasteiger partial charge in [0.2, 0.25) is 0 Å². The highest BCUT2D eigenvalue weighted by molar-refractivity contribution is 7.91. The van der Waals surface area contributed by atoms with Gasteiger partial charge in [-0.3, -0.25) is 4.79 Å². The fourth-order valence-corrected chi connectivity index (χ4v) is 5.82. The van der Waals surface area contributed by atoms with Gasteiger partial charge in [0.25, 0.3) is 5.91 Å². The van der Waals surface area contributed by atoms with Crippen molar-refractivity contribution >= 4 is 21.8 Å². The highest BCUT2D eigenvalue weighted by atomic mass is 32.2. The van der Waals surface area contributed by atoms with Gasteiger partial charge in [-0.2, -0.15) is 10.4 Å². The smallest absolute Gasteiger partial charge is 0.262 e. The zero-order chi connectivity index (χ0) is 26.6. The molecule has 0 saturated carbocycles. The maximum atomic E-state index is 12.9. The highest BCUT2D eigenvalue weighted by Crippen LogP contribution is 2.31. The number of hydrogen-bond donors (Lipinski definition) is 1. The van der Waals surface area contributed by atoms with Crippen molar-refractivity contribution in [2.75, 3.05) is 18.1 Å². The van der Waals surface area contributed by atoms with Crippen LogP contribution in [0.15, 0.2) is 60.3 Å². The number of aromatic nitrogens is 2. The molecular weight excluding hydrogens is 488 g/mol. The zero-order valence-electron chi connectivity index (χ0n) is 21.1. The fourth-order valence-electron chi connectivity index (χ4n) is 4.15. The third-order valence-corrected chi connectivity index (χ3v) is 7.80. The summed E-state index contributed by atoms with van der Waals surface area (Å²) in [6.45, 7) is 6.75. The lowest BCUT2D eigenvalue weighted by Gasteiger charge is -2.12. The summed E-state index contributed by atoms with van der Waals surface area (Å²) in [5, 5.41) is 17.3. The molecule has 1 atom stereocenters. The minimum atomic E-state index is -3.16. The molecule has 192 valence electrons. The van der Waals surface area contributed by atoms with Crippen LogP contribution >= 0.6 is 0 Å². The van der Waals surface area contributed by atoms with E-state index in [1.165, 1.54) is 6.08 Å². The minimum absolute atomic E-state index is 0.0354. The molecule has 0 spiro atoms. The fraction of sp³-hybridized carbons (Fsp3) is 0.321. The van der Waals surface area contributed by atoms with Gasteiger partial charge < -0.3 is 10.1 Å². The first kappa shape index (κ1) is 26.2. The minimum Gasteiger partial charge on any atom is -0.493 e. The second kappa shape index (κ2) is 11.0. The normalized spacial score (nSPS) is 16.9. The van der Waals surface area contributed by atoms with Crippen molar-refractivity contribution in [1.29, 1.82) is 5.26 Å². The molecule has 0 bridgehead atoms. The van der Waals surface area contributed by atoms with E-state index in [0.29, 0.717) is 30.2 Å². The first-order chi connectivity index (χ1) is 17.6. The Balaban J connectivity index is 1.71. The topological polar surface area (TPSA) is 114 Å². The number of carbonyl (C=O) groups is 1. The van der Waals surface area contributed by atoms with Gasteiger partial charge in [-0.15, -0.1) is 0 Å². The number of rotatable bonds is 8. The van der Waals surface area contributed by atoms with Crippen LogP contribution < -0.4 is 10.1 Å². The van der Waals surface area contributed by atoms with Gasteiger partial charge in [0.1, 0.15) is 23.1 Å². The first-order valence-corrected chi connectivity index (χ1v) is 14.0. The average Bonchev–Trinajstić information content (AvgIpc) is 3.44. The quantitative estimate of drug-likeness (QED) is 0.355. The average molecular weight is 519 g/mol. The molecule has 0 unspecified atom stereocenters. The third kappa shape index (κ3) is 6.46. The van der Waals surface area contributed by atoms with E-state index in [0.717, 1.165) is 22.6 Å². The molecule has 4 rings (SSSR count). The Hall–Kier alpha value is -3.90. The van der Waals surface area contributed by atoms with Gasteiger partial charge in [-0.05, 0) is 61.2 Å². The summed E-state index contributed by atoms with van der Waals surface area (Å²) in [6.07, 6.45) is 3.62. The molecule has 0 radical (unpaired) electrons. The van der Waals surface area contributed by atoms with Crippen LogP contribution in [0.1, 0.15) is 31.4 Å². The van der Waals surface area contributed by atoms with Gasteiger partial charge in [0, 0.05) is 23.4 Å². The number of hydrogen-bond acceptors (Lipinski definition) is 6. The molecule has 1 aromatic heterocycles. The number of nitriles is 1. The number of carbonyl (C=O) groups excluding carboxylic acids is 1. The Labute approximate surface area is 217 Å². The van der Waals surface area contributed by atoms with Crippen molar-refractivity contribution in [1.82, 2.24) is 15.1 Å². The number of nitrogens with zero attached hydrogens (tertiary/aromatic N) is 3. The number of benzene rings is 2. The van der Waals surface area contributed by atoms with Crippen molar-refractivity contribution in [3.05, 3.63) is 71.4 Å². The van der Waals surface area contributed by atoms with E-state index >= 15 is 0 Å². The van der Waals surface area contributed by atoms with E-state index < -0.39 is 21.8 Å². The molecule has 3 aromatic rings. The Morgan fingerprint density at radius 2 is 2.03 bits per heavy atom.